The van der Waals surface area contributed by atoms with Crippen molar-refractivity contribution in [3.63, 3.8) is 0 Å². The minimum absolute atomic E-state index is 0.0359. The summed E-state index contributed by atoms with van der Waals surface area (Å²) in [5.41, 5.74) is -0.420. The molecular formula is C18H14Cl2FN3O6. The maximum Gasteiger partial charge on any atom is 0.326 e. The summed E-state index contributed by atoms with van der Waals surface area (Å²) < 4.78 is 17.9. The number of amides is 2. The molecule has 30 heavy (non-hydrogen) atoms. The van der Waals surface area contributed by atoms with E-state index in [1.807, 2.05) is 0 Å². The molecule has 2 amide bonds. The van der Waals surface area contributed by atoms with Gasteiger partial charge < -0.3 is 15.4 Å². The lowest BCUT2D eigenvalue weighted by molar-refractivity contribution is -0.384. The monoisotopic (exact) mass is 457 g/mol. The number of carbonyl (C=O) groups excluding carboxylic acids is 3. The molecule has 2 aromatic rings. The zero-order valence-corrected chi connectivity index (χ0v) is 16.8. The number of esters is 1. The Morgan fingerprint density at radius 2 is 1.87 bits per heavy atom. The fourth-order valence-electron chi connectivity index (χ4n) is 2.17. The third kappa shape index (κ3) is 6.13. The van der Waals surface area contributed by atoms with E-state index < -0.39 is 46.9 Å². The molecule has 0 spiro atoms. The van der Waals surface area contributed by atoms with Gasteiger partial charge in [-0.25, -0.2) is 4.39 Å². The standard InChI is InChI=1S/C18H14Cl2FN3O6/c1-9(17(26)23-14-5-3-11(21)7-13(14)20)30-16(25)8-22-18(27)10-2-4-12(19)15(6-10)24(28)29/h2-7,9H,8H2,1H3,(H,22,27)(H,23,26). The third-order valence-corrected chi connectivity index (χ3v) is 4.30. The summed E-state index contributed by atoms with van der Waals surface area (Å²) in [4.78, 5) is 46.1. The number of halogens is 3. The number of ether oxygens (including phenoxy) is 1. The molecular weight excluding hydrogens is 444 g/mol. The second kappa shape index (κ2) is 9.99. The SMILES string of the molecule is CC(OC(=O)CNC(=O)c1ccc(Cl)c([N+](=O)[O-])c1)C(=O)Nc1ccc(F)cc1Cl. The summed E-state index contributed by atoms with van der Waals surface area (Å²) in [6, 6.07) is 6.73. The third-order valence-electron chi connectivity index (χ3n) is 3.66. The molecule has 0 saturated carbocycles. The van der Waals surface area contributed by atoms with Crippen molar-refractivity contribution in [3.05, 3.63) is 67.9 Å². The minimum Gasteiger partial charge on any atom is -0.451 e. The van der Waals surface area contributed by atoms with Crippen molar-refractivity contribution in [2.24, 2.45) is 0 Å². The number of nitro groups is 1. The van der Waals surface area contributed by atoms with E-state index in [2.05, 4.69) is 10.6 Å². The van der Waals surface area contributed by atoms with Gasteiger partial charge in [0.25, 0.3) is 17.5 Å². The van der Waals surface area contributed by atoms with E-state index in [9.17, 15) is 28.9 Å². The van der Waals surface area contributed by atoms with Gasteiger partial charge in [0.1, 0.15) is 17.4 Å². The molecule has 0 aliphatic carbocycles. The summed E-state index contributed by atoms with van der Waals surface area (Å²) in [6.07, 6.45) is -1.24. The Hall–Kier alpha value is -3.24. The molecule has 0 heterocycles. The van der Waals surface area contributed by atoms with Crippen molar-refractivity contribution in [2.75, 3.05) is 11.9 Å². The molecule has 1 unspecified atom stereocenters. The van der Waals surface area contributed by atoms with Crippen LogP contribution in [-0.4, -0.2) is 35.4 Å². The molecule has 158 valence electrons. The van der Waals surface area contributed by atoms with Gasteiger partial charge in [0.05, 0.1) is 15.6 Å². The highest BCUT2D eigenvalue weighted by Gasteiger charge is 2.20. The van der Waals surface area contributed by atoms with Crippen molar-refractivity contribution in [1.82, 2.24) is 5.32 Å². The van der Waals surface area contributed by atoms with Gasteiger partial charge >= 0.3 is 5.97 Å². The molecule has 0 saturated heterocycles. The van der Waals surface area contributed by atoms with E-state index in [-0.39, 0.29) is 21.3 Å². The topological polar surface area (TPSA) is 128 Å². The van der Waals surface area contributed by atoms with Gasteiger partial charge in [0.2, 0.25) is 0 Å². The van der Waals surface area contributed by atoms with Crippen molar-refractivity contribution in [2.45, 2.75) is 13.0 Å². The van der Waals surface area contributed by atoms with Crippen molar-refractivity contribution in [1.29, 1.82) is 0 Å². The number of nitrogens with one attached hydrogen (secondary N) is 2. The second-order valence-corrected chi connectivity index (χ2v) is 6.67. The van der Waals surface area contributed by atoms with Gasteiger partial charge in [0.15, 0.2) is 6.10 Å². The van der Waals surface area contributed by atoms with Crippen LogP contribution in [-0.2, 0) is 14.3 Å². The van der Waals surface area contributed by atoms with Crippen molar-refractivity contribution in [3.8, 4) is 0 Å². The number of rotatable bonds is 7. The molecule has 0 aromatic heterocycles. The van der Waals surface area contributed by atoms with Gasteiger partial charge in [-0.05, 0) is 37.3 Å². The average Bonchev–Trinajstić information content (AvgIpc) is 2.68. The van der Waals surface area contributed by atoms with Crippen LogP contribution in [0.3, 0.4) is 0 Å². The van der Waals surface area contributed by atoms with Gasteiger partial charge in [-0.15, -0.1) is 0 Å². The average molecular weight is 458 g/mol. The second-order valence-electron chi connectivity index (χ2n) is 5.85. The van der Waals surface area contributed by atoms with E-state index >= 15 is 0 Å². The van der Waals surface area contributed by atoms with E-state index in [1.165, 1.54) is 25.1 Å². The van der Waals surface area contributed by atoms with Crippen molar-refractivity contribution >= 4 is 52.4 Å². The Morgan fingerprint density at radius 1 is 1.17 bits per heavy atom. The van der Waals surface area contributed by atoms with E-state index in [0.29, 0.717) is 0 Å². The van der Waals surface area contributed by atoms with Crippen LogP contribution in [0.4, 0.5) is 15.8 Å². The lowest BCUT2D eigenvalue weighted by Crippen LogP contribution is -2.35. The molecule has 2 aromatic carbocycles. The van der Waals surface area contributed by atoms with Crippen molar-refractivity contribution < 1.29 is 28.4 Å². The fourth-order valence-corrected chi connectivity index (χ4v) is 2.57. The molecule has 0 bridgehead atoms. The van der Waals surface area contributed by atoms with Crippen LogP contribution in [0, 0.1) is 15.9 Å². The zero-order chi connectivity index (χ0) is 22.4. The van der Waals surface area contributed by atoms with E-state index in [1.54, 1.807) is 0 Å². The molecule has 0 radical (unpaired) electrons. The Morgan fingerprint density at radius 3 is 2.50 bits per heavy atom. The highest BCUT2D eigenvalue weighted by Crippen LogP contribution is 2.25. The largest absolute Gasteiger partial charge is 0.451 e. The van der Waals surface area contributed by atoms with Crippen LogP contribution in [0.2, 0.25) is 10.0 Å². The first-order valence-corrected chi connectivity index (χ1v) is 9.01. The molecule has 9 nitrogen and oxygen atoms in total. The Kier molecular flexibility index (Phi) is 7.67. The molecule has 0 fully saturated rings. The van der Waals surface area contributed by atoms with Crippen LogP contribution in [0.15, 0.2) is 36.4 Å². The molecule has 2 N–H and O–H groups in total. The molecule has 0 aliphatic heterocycles. The van der Waals surface area contributed by atoms with Crippen LogP contribution < -0.4 is 10.6 Å². The Balaban J connectivity index is 1.89. The van der Waals surface area contributed by atoms with Crippen LogP contribution in [0.5, 0.6) is 0 Å². The summed E-state index contributed by atoms with van der Waals surface area (Å²) in [5.74, 6) is -3.02. The van der Waals surface area contributed by atoms with E-state index in [0.717, 1.165) is 18.2 Å². The van der Waals surface area contributed by atoms with Gasteiger partial charge in [0, 0.05) is 11.6 Å². The lowest BCUT2D eigenvalue weighted by atomic mass is 10.2. The van der Waals surface area contributed by atoms with Gasteiger partial charge in [-0.1, -0.05) is 23.2 Å². The highest BCUT2D eigenvalue weighted by molar-refractivity contribution is 6.33. The van der Waals surface area contributed by atoms with Gasteiger partial charge in [-0.2, -0.15) is 0 Å². The highest BCUT2D eigenvalue weighted by atomic mass is 35.5. The molecule has 0 aliphatic rings. The summed E-state index contributed by atoms with van der Waals surface area (Å²) in [5, 5.41) is 15.3. The smallest absolute Gasteiger partial charge is 0.326 e. The summed E-state index contributed by atoms with van der Waals surface area (Å²) in [7, 11) is 0. The lowest BCUT2D eigenvalue weighted by Gasteiger charge is -2.14. The Labute approximate surface area is 179 Å². The number of anilines is 1. The predicted octanol–water partition coefficient (Wildman–Crippen LogP) is 3.34. The number of nitro benzene ring substituents is 1. The maximum absolute atomic E-state index is 13.0. The number of carbonyl (C=O) groups is 3. The predicted molar refractivity (Wildman–Crippen MR) is 106 cm³/mol. The minimum atomic E-state index is -1.24. The van der Waals surface area contributed by atoms with Crippen LogP contribution in [0.25, 0.3) is 0 Å². The first-order valence-electron chi connectivity index (χ1n) is 8.26. The Bertz CT molecular complexity index is 1020. The summed E-state index contributed by atoms with van der Waals surface area (Å²) in [6.45, 7) is 0.694. The van der Waals surface area contributed by atoms with Crippen LogP contribution in [0.1, 0.15) is 17.3 Å². The van der Waals surface area contributed by atoms with Crippen LogP contribution >= 0.6 is 23.2 Å². The zero-order valence-electron chi connectivity index (χ0n) is 15.3. The molecule has 1 atom stereocenters. The molecule has 2 rings (SSSR count). The first-order chi connectivity index (χ1) is 14.1. The maximum atomic E-state index is 13.0. The fraction of sp³-hybridized carbons (Fsp3) is 0.167. The molecule has 12 heteroatoms. The number of benzene rings is 2. The normalized spacial score (nSPS) is 11.3. The number of nitrogens with zero attached hydrogens (tertiary/aromatic N) is 1. The van der Waals surface area contributed by atoms with E-state index in [4.69, 9.17) is 27.9 Å². The van der Waals surface area contributed by atoms with Gasteiger partial charge in [-0.3, -0.25) is 24.5 Å². The first kappa shape index (κ1) is 23.0. The number of hydrogen-bond acceptors (Lipinski definition) is 6. The number of hydrogen-bond donors (Lipinski definition) is 2. The quantitative estimate of drug-likeness (QED) is 0.372. The summed E-state index contributed by atoms with van der Waals surface area (Å²) >= 11 is 11.5.